The average molecular weight is 267 g/mol. The second-order valence-electron chi connectivity index (χ2n) is 3.92. The molecule has 1 aromatic carbocycles. The van der Waals surface area contributed by atoms with Gasteiger partial charge in [0.05, 0.1) is 17.9 Å². The van der Waals surface area contributed by atoms with E-state index in [0.29, 0.717) is 12.2 Å². The van der Waals surface area contributed by atoms with E-state index in [0.717, 1.165) is 12.1 Å². The van der Waals surface area contributed by atoms with Gasteiger partial charge in [-0.3, -0.25) is 9.97 Å². The van der Waals surface area contributed by atoms with Gasteiger partial charge in [-0.15, -0.1) is 0 Å². The number of hydrogen-bond donors (Lipinski definition) is 1. The molecule has 1 unspecified atom stereocenters. The van der Waals surface area contributed by atoms with Crippen molar-refractivity contribution in [1.82, 2.24) is 15.3 Å². The predicted octanol–water partition coefficient (Wildman–Crippen LogP) is 2.59. The Morgan fingerprint density at radius 2 is 1.84 bits per heavy atom. The maximum absolute atomic E-state index is 13.3. The van der Waals surface area contributed by atoms with Gasteiger partial charge in [-0.1, -0.05) is 6.92 Å². The van der Waals surface area contributed by atoms with Crippen LogP contribution >= 0.6 is 0 Å². The van der Waals surface area contributed by atoms with Crippen molar-refractivity contribution in [2.45, 2.75) is 13.0 Å². The first-order chi connectivity index (χ1) is 9.13. The summed E-state index contributed by atoms with van der Waals surface area (Å²) in [6, 6.07) is 1.38. The summed E-state index contributed by atoms with van der Waals surface area (Å²) in [7, 11) is 0. The Morgan fingerprint density at radius 1 is 1.16 bits per heavy atom. The van der Waals surface area contributed by atoms with Gasteiger partial charge in [-0.2, -0.15) is 0 Å². The molecule has 19 heavy (non-hydrogen) atoms. The van der Waals surface area contributed by atoms with Gasteiger partial charge in [-0.05, 0) is 24.2 Å². The second kappa shape index (κ2) is 5.79. The van der Waals surface area contributed by atoms with Gasteiger partial charge in [0.2, 0.25) is 0 Å². The van der Waals surface area contributed by atoms with Crippen LogP contribution in [-0.2, 0) is 0 Å². The standard InChI is InChI=1S/C13H12F3N3/c1-2-18-13(11-7-17-3-4-19-11)8-5-9(14)12(16)10(15)6-8/h3-7,13,18H,2H2,1H3. The fourth-order valence-electron chi connectivity index (χ4n) is 1.80. The number of nitrogens with zero attached hydrogens (tertiary/aromatic N) is 2. The van der Waals surface area contributed by atoms with Gasteiger partial charge in [0.25, 0.3) is 0 Å². The molecule has 100 valence electrons. The maximum atomic E-state index is 13.3. The lowest BCUT2D eigenvalue weighted by Gasteiger charge is -2.17. The topological polar surface area (TPSA) is 37.8 Å². The summed E-state index contributed by atoms with van der Waals surface area (Å²) >= 11 is 0. The summed E-state index contributed by atoms with van der Waals surface area (Å²) in [5.41, 5.74) is 0.772. The van der Waals surface area contributed by atoms with E-state index in [1.165, 1.54) is 18.6 Å². The molecule has 1 aromatic heterocycles. The second-order valence-corrected chi connectivity index (χ2v) is 3.92. The van der Waals surface area contributed by atoms with E-state index in [-0.39, 0.29) is 5.56 Å². The molecule has 0 amide bonds. The summed E-state index contributed by atoms with van der Waals surface area (Å²) in [5.74, 6) is -3.92. The number of benzene rings is 1. The number of nitrogens with one attached hydrogen (secondary N) is 1. The Labute approximate surface area is 108 Å². The molecule has 2 aromatic rings. The Bertz CT molecular complexity index is 537. The Morgan fingerprint density at radius 3 is 2.37 bits per heavy atom. The van der Waals surface area contributed by atoms with Crippen molar-refractivity contribution in [2.24, 2.45) is 0 Å². The van der Waals surface area contributed by atoms with Crippen LogP contribution in [0.2, 0.25) is 0 Å². The first-order valence-electron chi connectivity index (χ1n) is 5.77. The van der Waals surface area contributed by atoms with Gasteiger partial charge in [-0.25, -0.2) is 13.2 Å². The van der Waals surface area contributed by atoms with Gasteiger partial charge >= 0.3 is 0 Å². The van der Waals surface area contributed by atoms with E-state index in [2.05, 4.69) is 15.3 Å². The lowest BCUT2D eigenvalue weighted by atomic mass is 10.0. The third-order valence-corrected chi connectivity index (χ3v) is 2.63. The van der Waals surface area contributed by atoms with Crippen LogP contribution in [0.1, 0.15) is 24.2 Å². The lowest BCUT2D eigenvalue weighted by molar-refractivity contribution is 0.442. The molecule has 0 spiro atoms. The normalized spacial score (nSPS) is 12.4. The van der Waals surface area contributed by atoms with Gasteiger partial charge in [0.1, 0.15) is 0 Å². The molecule has 0 aliphatic heterocycles. The minimum atomic E-state index is -1.47. The molecule has 0 bridgehead atoms. The number of hydrogen-bond acceptors (Lipinski definition) is 3. The summed E-state index contributed by atoms with van der Waals surface area (Å²) in [4.78, 5) is 8.00. The van der Waals surface area contributed by atoms with Crippen LogP contribution in [0.25, 0.3) is 0 Å². The highest BCUT2D eigenvalue weighted by Gasteiger charge is 2.19. The van der Waals surface area contributed by atoms with Crippen molar-refractivity contribution in [2.75, 3.05) is 6.54 Å². The molecule has 1 heterocycles. The van der Waals surface area contributed by atoms with Crippen molar-refractivity contribution in [3.05, 3.63) is 59.4 Å². The van der Waals surface area contributed by atoms with Gasteiger partial charge < -0.3 is 5.32 Å². The lowest BCUT2D eigenvalue weighted by Crippen LogP contribution is -2.23. The van der Waals surface area contributed by atoms with Crippen molar-refractivity contribution in [3.63, 3.8) is 0 Å². The summed E-state index contributed by atoms with van der Waals surface area (Å²) in [6.07, 6.45) is 4.47. The monoisotopic (exact) mass is 267 g/mol. The largest absolute Gasteiger partial charge is 0.305 e. The van der Waals surface area contributed by atoms with Crippen LogP contribution in [0, 0.1) is 17.5 Å². The summed E-state index contributed by atoms with van der Waals surface area (Å²) in [5, 5.41) is 3.03. The molecule has 0 aliphatic rings. The van der Waals surface area contributed by atoms with Crippen LogP contribution in [0.4, 0.5) is 13.2 Å². The number of rotatable bonds is 4. The van der Waals surface area contributed by atoms with Crippen LogP contribution in [-0.4, -0.2) is 16.5 Å². The fraction of sp³-hybridized carbons (Fsp3) is 0.231. The number of halogens is 3. The van der Waals surface area contributed by atoms with E-state index >= 15 is 0 Å². The first-order valence-corrected chi connectivity index (χ1v) is 5.77. The van der Waals surface area contributed by atoms with Gasteiger partial charge in [0.15, 0.2) is 17.5 Å². The molecule has 3 nitrogen and oxygen atoms in total. The zero-order chi connectivity index (χ0) is 13.8. The Hall–Kier alpha value is -1.95. The van der Waals surface area contributed by atoms with E-state index in [1.54, 1.807) is 0 Å². The molecule has 0 aliphatic carbocycles. The maximum Gasteiger partial charge on any atom is 0.194 e. The van der Waals surface area contributed by atoms with Crippen molar-refractivity contribution in [1.29, 1.82) is 0 Å². The zero-order valence-electron chi connectivity index (χ0n) is 10.2. The van der Waals surface area contributed by atoms with Crippen LogP contribution in [0.3, 0.4) is 0 Å². The van der Waals surface area contributed by atoms with Crippen molar-refractivity contribution >= 4 is 0 Å². The molecule has 2 rings (SSSR count). The van der Waals surface area contributed by atoms with Crippen LogP contribution in [0.5, 0.6) is 0 Å². The highest BCUT2D eigenvalue weighted by Crippen LogP contribution is 2.23. The minimum Gasteiger partial charge on any atom is -0.305 e. The molecule has 0 saturated carbocycles. The van der Waals surface area contributed by atoms with Crippen molar-refractivity contribution in [3.8, 4) is 0 Å². The molecule has 0 fully saturated rings. The molecule has 0 saturated heterocycles. The molecule has 1 N–H and O–H groups in total. The SMILES string of the molecule is CCNC(c1cc(F)c(F)c(F)c1)c1cnccn1. The van der Waals surface area contributed by atoms with E-state index in [9.17, 15) is 13.2 Å². The highest BCUT2D eigenvalue weighted by molar-refractivity contribution is 5.28. The molecule has 6 heteroatoms. The molecular formula is C13H12F3N3. The fourth-order valence-corrected chi connectivity index (χ4v) is 1.80. The highest BCUT2D eigenvalue weighted by atomic mass is 19.2. The van der Waals surface area contributed by atoms with Gasteiger partial charge in [0, 0.05) is 12.4 Å². The number of aromatic nitrogens is 2. The minimum absolute atomic E-state index is 0.263. The molecular weight excluding hydrogens is 255 g/mol. The van der Waals surface area contributed by atoms with E-state index in [1.807, 2.05) is 6.92 Å². The summed E-state index contributed by atoms with van der Waals surface area (Å²) in [6.45, 7) is 2.40. The zero-order valence-corrected chi connectivity index (χ0v) is 10.2. The van der Waals surface area contributed by atoms with Crippen LogP contribution < -0.4 is 5.32 Å². The van der Waals surface area contributed by atoms with Crippen LogP contribution in [0.15, 0.2) is 30.7 Å². The third kappa shape index (κ3) is 2.90. The van der Waals surface area contributed by atoms with E-state index < -0.39 is 23.5 Å². The molecule has 0 radical (unpaired) electrons. The van der Waals surface area contributed by atoms with E-state index in [4.69, 9.17) is 0 Å². The third-order valence-electron chi connectivity index (χ3n) is 2.63. The Balaban J connectivity index is 2.45. The summed E-state index contributed by atoms with van der Waals surface area (Å²) < 4.78 is 39.5. The quantitative estimate of drug-likeness (QED) is 0.865. The predicted molar refractivity (Wildman–Crippen MR) is 63.9 cm³/mol. The van der Waals surface area contributed by atoms with Crippen molar-refractivity contribution < 1.29 is 13.2 Å². The first kappa shape index (κ1) is 13.5. The smallest absolute Gasteiger partial charge is 0.194 e. The Kier molecular flexibility index (Phi) is 4.11. The molecule has 1 atom stereocenters. The average Bonchev–Trinajstić information content (AvgIpc) is 2.42.